The number of aromatic nitrogens is 3. The third-order valence-electron chi connectivity index (χ3n) is 3.27. The number of ether oxygens (including phenoxy) is 1. The first-order valence-corrected chi connectivity index (χ1v) is 6.90. The largest absolute Gasteiger partial charge is 0.378 e. The summed E-state index contributed by atoms with van der Waals surface area (Å²) in [6.07, 6.45) is 2.32. The van der Waals surface area contributed by atoms with Crippen molar-refractivity contribution in [2.75, 3.05) is 49.0 Å². The first-order valence-electron chi connectivity index (χ1n) is 6.90. The van der Waals surface area contributed by atoms with Gasteiger partial charge in [0, 0.05) is 33.8 Å². The normalized spacial score (nSPS) is 16.3. The van der Waals surface area contributed by atoms with Crippen molar-refractivity contribution in [2.45, 2.75) is 25.9 Å². The lowest BCUT2D eigenvalue weighted by Gasteiger charge is -2.32. The molecular formula is C12H23N7O. The van der Waals surface area contributed by atoms with Crippen LogP contribution in [0.1, 0.15) is 19.8 Å². The van der Waals surface area contributed by atoms with Crippen LogP contribution in [0.4, 0.5) is 17.8 Å². The zero-order valence-corrected chi connectivity index (χ0v) is 12.3. The lowest BCUT2D eigenvalue weighted by Crippen LogP contribution is -2.38. The Hall–Kier alpha value is -1.67. The molecule has 0 aliphatic carbocycles. The van der Waals surface area contributed by atoms with Crippen molar-refractivity contribution >= 4 is 17.8 Å². The van der Waals surface area contributed by atoms with E-state index in [4.69, 9.17) is 10.6 Å². The quantitative estimate of drug-likeness (QED) is 0.585. The molecular weight excluding hydrogens is 258 g/mol. The molecule has 0 aromatic carbocycles. The number of nitrogen functional groups attached to an aromatic ring is 1. The SMILES string of the molecule is CCOC1CCN(c2nc(NN)nc(N(C)C)n2)CC1. The van der Waals surface area contributed by atoms with Crippen LogP contribution in [-0.4, -0.2) is 54.8 Å². The van der Waals surface area contributed by atoms with Crippen molar-refractivity contribution in [3.8, 4) is 0 Å². The van der Waals surface area contributed by atoms with Crippen molar-refractivity contribution in [3.63, 3.8) is 0 Å². The van der Waals surface area contributed by atoms with Gasteiger partial charge in [0.05, 0.1) is 6.10 Å². The molecule has 8 nitrogen and oxygen atoms in total. The zero-order valence-electron chi connectivity index (χ0n) is 12.3. The van der Waals surface area contributed by atoms with Gasteiger partial charge in [-0.05, 0) is 19.8 Å². The summed E-state index contributed by atoms with van der Waals surface area (Å²) in [7, 11) is 3.78. The molecule has 1 saturated heterocycles. The van der Waals surface area contributed by atoms with Gasteiger partial charge in [-0.15, -0.1) is 0 Å². The molecule has 1 fully saturated rings. The van der Waals surface area contributed by atoms with Crippen molar-refractivity contribution in [2.24, 2.45) is 5.84 Å². The molecule has 2 rings (SSSR count). The summed E-state index contributed by atoms with van der Waals surface area (Å²) in [6, 6.07) is 0. The first-order chi connectivity index (χ1) is 9.63. The third kappa shape index (κ3) is 3.45. The fourth-order valence-corrected chi connectivity index (χ4v) is 2.22. The van der Waals surface area contributed by atoms with Gasteiger partial charge in [-0.2, -0.15) is 15.0 Å². The van der Waals surface area contributed by atoms with E-state index >= 15 is 0 Å². The average molecular weight is 281 g/mol. The molecule has 0 bridgehead atoms. The summed E-state index contributed by atoms with van der Waals surface area (Å²) in [4.78, 5) is 17.0. The smallest absolute Gasteiger partial charge is 0.243 e. The Morgan fingerprint density at radius 3 is 2.55 bits per heavy atom. The standard InChI is InChI=1S/C12H23N7O/c1-4-20-9-5-7-19(8-6-9)12-15-10(17-13)14-11(16-12)18(2)3/h9H,4-8,13H2,1-3H3,(H,14,15,16,17). The zero-order chi connectivity index (χ0) is 14.5. The highest BCUT2D eigenvalue weighted by molar-refractivity contribution is 5.44. The third-order valence-corrected chi connectivity index (χ3v) is 3.27. The number of nitrogens with one attached hydrogen (secondary N) is 1. The van der Waals surface area contributed by atoms with Crippen molar-refractivity contribution < 1.29 is 4.74 Å². The first kappa shape index (κ1) is 14.7. The number of hydrogen-bond donors (Lipinski definition) is 2. The minimum atomic E-state index is 0.346. The fourth-order valence-electron chi connectivity index (χ4n) is 2.22. The molecule has 0 radical (unpaired) electrons. The Bertz CT molecular complexity index is 432. The van der Waals surface area contributed by atoms with Gasteiger partial charge in [0.15, 0.2) is 0 Å². The van der Waals surface area contributed by atoms with Crippen LogP contribution in [0, 0.1) is 0 Å². The van der Waals surface area contributed by atoms with Crippen LogP contribution in [0.2, 0.25) is 0 Å². The molecule has 1 aliphatic rings. The van der Waals surface area contributed by atoms with Crippen molar-refractivity contribution in [1.82, 2.24) is 15.0 Å². The van der Waals surface area contributed by atoms with E-state index in [2.05, 4.69) is 25.3 Å². The lowest BCUT2D eigenvalue weighted by molar-refractivity contribution is 0.0457. The second kappa shape index (κ2) is 6.67. The highest BCUT2D eigenvalue weighted by atomic mass is 16.5. The Balaban J connectivity index is 2.10. The summed E-state index contributed by atoms with van der Waals surface area (Å²) >= 11 is 0. The Labute approximate surface area is 119 Å². The van der Waals surface area contributed by atoms with Crippen molar-refractivity contribution in [3.05, 3.63) is 0 Å². The number of anilines is 3. The Morgan fingerprint density at radius 2 is 2.00 bits per heavy atom. The second-order valence-electron chi connectivity index (χ2n) is 4.94. The molecule has 0 saturated carbocycles. The molecule has 20 heavy (non-hydrogen) atoms. The molecule has 3 N–H and O–H groups in total. The molecule has 0 spiro atoms. The van der Waals surface area contributed by atoms with E-state index in [1.54, 1.807) is 0 Å². The molecule has 1 aliphatic heterocycles. The molecule has 2 heterocycles. The van der Waals surface area contributed by atoms with Gasteiger partial charge in [-0.3, -0.25) is 5.43 Å². The van der Waals surface area contributed by atoms with Gasteiger partial charge in [-0.1, -0.05) is 0 Å². The highest BCUT2D eigenvalue weighted by Gasteiger charge is 2.22. The highest BCUT2D eigenvalue weighted by Crippen LogP contribution is 2.20. The Morgan fingerprint density at radius 1 is 1.30 bits per heavy atom. The molecule has 0 amide bonds. The van der Waals surface area contributed by atoms with Crippen LogP contribution in [0.25, 0.3) is 0 Å². The van der Waals surface area contributed by atoms with Crippen LogP contribution >= 0.6 is 0 Å². The second-order valence-corrected chi connectivity index (χ2v) is 4.94. The summed E-state index contributed by atoms with van der Waals surface area (Å²) in [5, 5.41) is 0. The predicted molar refractivity (Wildman–Crippen MR) is 78.8 cm³/mol. The predicted octanol–water partition coefficient (Wildman–Crippen LogP) is 0.229. The van der Waals surface area contributed by atoms with Gasteiger partial charge in [0.2, 0.25) is 17.8 Å². The fraction of sp³-hybridized carbons (Fsp3) is 0.750. The molecule has 0 unspecified atom stereocenters. The summed E-state index contributed by atoms with van der Waals surface area (Å²) < 4.78 is 5.65. The number of rotatable bonds is 5. The minimum absolute atomic E-state index is 0.346. The maximum atomic E-state index is 5.65. The minimum Gasteiger partial charge on any atom is -0.378 e. The van der Waals surface area contributed by atoms with E-state index in [9.17, 15) is 0 Å². The van der Waals surface area contributed by atoms with Gasteiger partial charge in [0.25, 0.3) is 0 Å². The molecule has 8 heteroatoms. The maximum absolute atomic E-state index is 5.65. The number of hydrogen-bond acceptors (Lipinski definition) is 8. The Kier molecular flexibility index (Phi) is 4.91. The van der Waals surface area contributed by atoms with Gasteiger partial charge >= 0.3 is 0 Å². The number of piperidine rings is 1. The number of hydrazine groups is 1. The van der Waals surface area contributed by atoms with Crippen LogP contribution in [0.3, 0.4) is 0 Å². The molecule has 1 aromatic rings. The van der Waals surface area contributed by atoms with E-state index in [0.29, 0.717) is 23.9 Å². The van der Waals surface area contributed by atoms with Gasteiger partial charge in [0.1, 0.15) is 0 Å². The topological polar surface area (TPSA) is 92.4 Å². The molecule has 1 aromatic heterocycles. The molecule has 0 atom stereocenters. The summed E-state index contributed by atoms with van der Waals surface area (Å²) in [5.74, 6) is 7.05. The monoisotopic (exact) mass is 281 g/mol. The molecule has 112 valence electrons. The summed E-state index contributed by atoms with van der Waals surface area (Å²) in [6.45, 7) is 4.56. The van der Waals surface area contributed by atoms with Crippen LogP contribution < -0.4 is 21.1 Å². The van der Waals surface area contributed by atoms with E-state index in [0.717, 1.165) is 32.5 Å². The lowest BCUT2D eigenvalue weighted by atomic mass is 10.1. The average Bonchev–Trinajstić information content (AvgIpc) is 2.47. The van der Waals surface area contributed by atoms with Crippen LogP contribution in [0.5, 0.6) is 0 Å². The van der Waals surface area contributed by atoms with E-state index in [-0.39, 0.29) is 0 Å². The summed E-state index contributed by atoms with van der Waals surface area (Å²) in [5.41, 5.74) is 2.49. The van der Waals surface area contributed by atoms with E-state index in [1.807, 2.05) is 25.9 Å². The van der Waals surface area contributed by atoms with Gasteiger partial charge in [-0.25, -0.2) is 5.84 Å². The van der Waals surface area contributed by atoms with Crippen LogP contribution in [0.15, 0.2) is 0 Å². The van der Waals surface area contributed by atoms with Crippen LogP contribution in [-0.2, 0) is 4.74 Å². The van der Waals surface area contributed by atoms with Gasteiger partial charge < -0.3 is 14.5 Å². The number of nitrogens with two attached hydrogens (primary N) is 1. The maximum Gasteiger partial charge on any atom is 0.243 e. The number of nitrogens with zero attached hydrogens (tertiary/aromatic N) is 5. The van der Waals surface area contributed by atoms with Crippen molar-refractivity contribution in [1.29, 1.82) is 0 Å². The van der Waals surface area contributed by atoms with E-state index < -0.39 is 0 Å². The van der Waals surface area contributed by atoms with E-state index in [1.165, 1.54) is 0 Å².